The zero-order chi connectivity index (χ0) is 35.0. The molecule has 3 aromatic rings. The Morgan fingerprint density at radius 2 is 1.56 bits per heavy atom. The summed E-state index contributed by atoms with van der Waals surface area (Å²) in [4.78, 5) is 47.3. The minimum Gasteiger partial charge on any atom is -0.493 e. The molecule has 1 aliphatic heterocycles. The van der Waals surface area contributed by atoms with Crippen LogP contribution in [0.5, 0.6) is 11.5 Å². The molecule has 2 atom stereocenters. The lowest BCUT2D eigenvalue weighted by Crippen LogP contribution is -2.40. The van der Waals surface area contributed by atoms with Gasteiger partial charge < -0.3 is 24.3 Å². The van der Waals surface area contributed by atoms with E-state index in [9.17, 15) is 19.5 Å². The second-order valence-corrected chi connectivity index (χ2v) is 14.1. The van der Waals surface area contributed by atoms with Crippen molar-refractivity contribution in [2.75, 3.05) is 26.3 Å². The van der Waals surface area contributed by atoms with Crippen LogP contribution in [0.2, 0.25) is 0 Å². The number of nitrogens with zero attached hydrogens (tertiary/aromatic N) is 2. The molecule has 0 saturated heterocycles. The average Bonchev–Trinajstić information content (AvgIpc) is 3.07. The Hall–Kier alpha value is -4.53. The van der Waals surface area contributed by atoms with E-state index in [1.54, 1.807) is 53.4 Å². The quantitative estimate of drug-likeness (QED) is 0.186. The number of rotatable bonds is 13. The second kappa shape index (κ2) is 16.0. The summed E-state index contributed by atoms with van der Waals surface area (Å²) in [5.74, 6) is -0.966. The predicted molar refractivity (Wildman–Crippen MR) is 185 cm³/mol. The number of hydrogen-bond acceptors (Lipinski definition) is 6. The summed E-state index contributed by atoms with van der Waals surface area (Å²) in [7, 11) is 0. The third kappa shape index (κ3) is 9.75. The van der Waals surface area contributed by atoms with Crippen molar-refractivity contribution < 1.29 is 33.8 Å². The van der Waals surface area contributed by atoms with Gasteiger partial charge in [0.25, 0.3) is 5.91 Å². The molecule has 258 valence electrons. The number of benzene rings is 3. The van der Waals surface area contributed by atoms with Gasteiger partial charge in [-0.1, -0.05) is 85.2 Å². The smallest absolute Gasteiger partial charge is 0.410 e. The van der Waals surface area contributed by atoms with Crippen LogP contribution in [0.3, 0.4) is 0 Å². The molecule has 1 N–H and O–H groups in total. The van der Waals surface area contributed by atoms with Gasteiger partial charge in [-0.15, -0.1) is 0 Å². The van der Waals surface area contributed by atoms with Gasteiger partial charge in [0, 0.05) is 18.7 Å². The first kappa shape index (κ1) is 36.3. The molecular formula is C39H50N2O7. The van der Waals surface area contributed by atoms with Gasteiger partial charge in [0.2, 0.25) is 0 Å². The monoisotopic (exact) mass is 658 g/mol. The zero-order valence-corrected chi connectivity index (χ0v) is 29.3. The first-order chi connectivity index (χ1) is 22.7. The molecule has 0 radical (unpaired) electrons. The van der Waals surface area contributed by atoms with E-state index in [1.807, 2.05) is 32.0 Å². The van der Waals surface area contributed by atoms with E-state index < -0.39 is 17.8 Å². The van der Waals surface area contributed by atoms with E-state index in [-0.39, 0.29) is 24.0 Å². The van der Waals surface area contributed by atoms with Crippen molar-refractivity contribution >= 4 is 18.0 Å². The summed E-state index contributed by atoms with van der Waals surface area (Å²) in [6.07, 6.45) is 1.25. The summed E-state index contributed by atoms with van der Waals surface area (Å²) in [6.45, 7) is 16.0. The Bertz CT molecular complexity index is 1540. The summed E-state index contributed by atoms with van der Waals surface area (Å²) >= 11 is 0. The molecule has 0 aliphatic carbocycles. The third-order valence-corrected chi connectivity index (χ3v) is 8.59. The molecule has 9 heteroatoms. The number of carbonyl (C=O) groups excluding carboxylic acids is 2. The van der Waals surface area contributed by atoms with E-state index >= 15 is 0 Å². The fraction of sp³-hybridized carbons (Fsp3) is 0.462. The highest BCUT2D eigenvalue weighted by Crippen LogP contribution is 2.28. The molecule has 9 nitrogen and oxygen atoms in total. The molecule has 0 saturated carbocycles. The van der Waals surface area contributed by atoms with E-state index in [0.717, 1.165) is 28.2 Å². The summed E-state index contributed by atoms with van der Waals surface area (Å²) in [5, 5.41) is 11.5. The predicted octanol–water partition coefficient (Wildman–Crippen LogP) is 7.86. The Labute approximate surface area is 284 Å². The van der Waals surface area contributed by atoms with Gasteiger partial charge in [-0.3, -0.25) is 9.59 Å². The van der Waals surface area contributed by atoms with Crippen molar-refractivity contribution in [3.8, 4) is 11.5 Å². The lowest BCUT2D eigenvalue weighted by molar-refractivity contribution is -0.141. The van der Waals surface area contributed by atoms with Crippen molar-refractivity contribution in [3.05, 3.63) is 94.5 Å². The minimum atomic E-state index is -1.09. The fourth-order valence-electron chi connectivity index (χ4n) is 5.27. The maximum atomic E-state index is 14.2. The molecule has 0 fully saturated rings. The number of fused-ring (bicyclic) bond motifs is 1. The number of ether oxygens (including phenoxy) is 2. The number of carbonyl (C=O) groups is 3. The maximum Gasteiger partial charge on any atom is 0.410 e. The van der Waals surface area contributed by atoms with E-state index in [4.69, 9.17) is 14.3 Å². The van der Waals surface area contributed by atoms with Crippen molar-refractivity contribution in [3.63, 3.8) is 0 Å². The molecule has 0 bridgehead atoms. The number of hydroxylamine groups is 2. The topological polar surface area (TPSA) is 106 Å². The van der Waals surface area contributed by atoms with Gasteiger partial charge >= 0.3 is 12.1 Å². The number of hydrogen-bond donors (Lipinski definition) is 1. The summed E-state index contributed by atoms with van der Waals surface area (Å²) in [6, 6.07) is 19.8. The Balaban J connectivity index is 1.61. The molecule has 1 heterocycles. The molecule has 0 aromatic heterocycles. The molecular weight excluding hydrogens is 608 g/mol. The van der Waals surface area contributed by atoms with Crippen LogP contribution in [0.15, 0.2) is 66.7 Å². The molecule has 2 amide bonds. The Kier molecular flexibility index (Phi) is 12.1. The fourth-order valence-corrected chi connectivity index (χ4v) is 5.27. The molecule has 0 spiro atoms. The van der Waals surface area contributed by atoms with E-state index in [1.165, 1.54) is 0 Å². The van der Waals surface area contributed by atoms with Crippen LogP contribution in [-0.2, 0) is 27.9 Å². The van der Waals surface area contributed by atoms with Crippen molar-refractivity contribution in [1.29, 1.82) is 0 Å². The summed E-state index contributed by atoms with van der Waals surface area (Å²) < 4.78 is 11.3. The van der Waals surface area contributed by atoms with E-state index in [2.05, 4.69) is 34.6 Å². The van der Waals surface area contributed by atoms with Gasteiger partial charge in [0.1, 0.15) is 11.7 Å². The Morgan fingerprint density at radius 1 is 0.896 bits per heavy atom. The van der Waals surface area contributed by atoms with Crippen molar-refractivity contribution in [2.45, 2.75) is 79.2 Å². The van der Waals surface area contributed by atoms with Crippen LogP contribution in [0, 0.1) is 11.8 Å². The first-order valence-corrected chi connectivity index (χ1v) is 16.8. The van der Waals surface area contributed by atoms with E-state index in [0.29, 0.717) is 61.3 Å². The van der Waals surface area contributed by atoms with Crippen molar-refractivity contribution in [2.24, 2.45) is 11.8 Å². The number of carboxylic acid groups (broad SMARTS) is 1. The second-order valence-electron chi connectivity index (χ2n) is 14.1. The lowest BCUT2D eigenvalue weighted by Gasteiger charge is -2.29. The number of carboxylic acids is 1. The van der Waals surface area contributed by atoms with Gasteiger partial charge in [-0.05, 0) is 82.3 Å². The molecule has 4 rings (SSSR count). The van der Waals surface area contributed by atoms with Gasteiger partial charge in [-0.25, -0.2) is 4.79 Å². The largest absolute Gasteiger partial charge is 0.493 e. The Morgan fingerprint density at radius 3 is 2.17 bits per heavy atom. The van der Waals surface area contributed by atoms with Crippen LogP contribution in [-0.4, -0.2) is 59.3 Å². The van der Waals surface area contributed by atoms with Gasteiger partial charge in [0.15, 0.2) is 5.75 Å². The highest BCUT2D eigenvalue weighted by atomic mass is 16.7. The third-order valence-electron chi connectivity index (χ3n) is 8.59. The maximum absolute atomic E-state index is 14.2. The highest BCUT2D eigenvalue weighted by Gasteiger charge is 2.30. The SMILES string of the molecule is CCC(C)COc1ccc(C(CN(Oc2ccc(C(C)(C)C)cc2)C(=O)c2ccc3c(c2)CN(C(=O)OCC(C)C)CC3)C(=O)O)cc1. The van der Waals surface area contributed by atoms with Gasteiger partial charge in [-0.2, -0.15) is 5.06 Å². The molecule has 2 unspecified atom stereocenters. The standard InChI is InChI=1S/C39H50N2O7/c1-8-27(4)25-46-33-15-11-29(12-16-33)35(37(43)44)23-41(48-34-17-13-32(14-18-34)39(5,6)7)36(42)30-10-9-28-19-20-40(22-31(28)21-30)38(45)47-24-26(2)3/h9-18,21,26-27,35H,8,19-20,22-25H2,1-7H3,(H,43,44). The van der Waals surface area contributed by atoms with Crippen molar-refractivity contribution in [1.82, 2.24) is 9.96 Å². The van der Waals surface area contributed by atoms with Crippen LogP contribution in [0.4, 0.5) is 4.79 Å². The lowest BCUT2D eigenvalue weighted by atomic mass is 9.87. The zero-order valence-electron chi connectivity index (χ0n) is 29.3. The average molecular weight is 659 g/mol. The van der Waals surface area contributed by atoms with Crippen LogP contribution < -0.4 is 9.57 Å². The van der Waals surface area contributed by atoms with Crippen LogP contribution in [0.25, 0.3) is 0 Å². The summed E-state index contributed by atoms with van der Waals surface area (Å²) in [5.41, 5.74) is 3.75. The molecule has 3 aromatic carbocycles. The number of amides is 2. The first-order valence-electron chi connectivity index (χ1n) is 16.8. The highest BCUT2D eigenvalue weighted by molar-refractivity contribution is 5.94. The van der Waals surface area contributed by atoms with Crippen LogP contribution in [0.1, 0.15) is 93.4 Å². The number of aliphatic carboxylic acids is 1. The normalized spacial score (nSPS) is 14.1. The molecule has 48 heavy (non-hydrogen) atoms. The minimum absolute atomic E-state index is 0.0783. The van der Waals surface area contributed by atoms with Crippen LogP contribution >= 0.6 is 0 Å². The molecule has 1 aliphatic rings. The van der Waals surface area contributed by atoms with Gasteiger partial charge in [0.05, 0.1) is 19.8 Å².